The summed E-state index contributed by atoms with van der Waals surface area (Å²) in [6.45, 7) is 2.04. The number of carboxylic acids is 2. The molecule has 23 heavy (non-hydrogen) atoms. The Balaban J connectivity index is 3.24. The first kappa shape index (κ1) is 21.9. The molecule has 0 saturated heterocycles. The summed E-state index contributed by atoms with van der Waals surface area (Å²) >= 11 is 0. The third-order valence-corrected chi connectivity index (χ3v) is 4.43. The molecule has 0 saturated carbocycles. The first-order valence-corrected chi connectivity index (χ1v) is 9.52. The van der Waals surface area contributed by atoms with Crippen molar-refractivity contribution in [2.24, 2.45) is 5.92 Å². The average molecular weight is 328 g/mol. The van der Waals surface area contributed by atoms with Gasteiger partial charge in [-0.15, -0.1) is 0 Å². The zero-order valence-electron chi connectivity index (χ0n) is 14.9. The van der Waals surface area contributed by atoms with Gasteiger partial charge in [0.25, 0.3) is 0 Å². The van der Waals surface area contributed by atoms with Crippen molar-refractivity contribution >= 4 is 11.9 Å². The van der Waals surface area contributed by atoms with Gasteiger partial charge in [0.2, 0.25) is 0 Å². The van der Waals surface area contributed by atoms with E-state index in [-0.39, 0.29) is 5.92 Å². The smallest absolute Gasteiger partial charge is 0.306 e. The van der Waals surface area contributed by atoms with Crippen molar-refractivity contribution in [3.8, 4) is 0 Å². The molecule has 0 amide bonds. The summed E-state index contributed by atoms with van der Waals surface area (Å²) in [5.74, 6) is -1.45. The van der Waals surface area contributed by atoms with Crippen molar-refractivity contribution in [3.63, 3.8) is 0 Å². The molecule has 0 heterocycles. The summed E-state index contributed by atoms with van der Waals surface area (Å²) in [5.41, 5.74) is 0. The largest absolute Gasteiger partial charge is 0.481 e. The van der Waals surface area contributed by atoms with Crippen LogP contribution in [0.4, 0.5) is 0 Å². The lowest BCUT2D eigenvalue weighted by atomic mass is 9.96. The van der Waals surface area contributed by atoms with Gasteiger partial charge in [0.1, 0.15) is 0 Å². The number of hydrogen-bond donors (Lipinski definition) is 2. The van der Waals surface area contributed by atoms with E-state index in [0.29, 0.717) is 6.42 Å². The van der Waals surface area contributed by atoms with Crippen molar-refractivity contribution in [1.29, 1.82) is 0 Å². The molecular weight excluding hydrogens is 292 g/mol. The lowest BCUT2D eigenvalue weighted by Crippen LogP contribution is -2.13. The topological polar surface area (TPSA) is 74.6 Å². The standard InChI is InChI=1S/C19H36O4/c1-2-14-17(19(22)23)15-12-10-8-6-4-3-5-7-9-11-13-16-18(20)21/h17H,2-16H2,1H3,(H,20,21)(H,22,23). The number of rotatable bonds is 17. The van der Waals surface area contributed by atoms with E-state index in [1.807, 2.05) is 6.92 Å². The molecule has 0 aliphatic rings. The normalized spacial score (nSPS) is 12.2. The van der Waals surface area contributed by atoms with Crippen LogP contribution in [0, 0.1) is 5.92 Å². The van der Waals surface area contributed by atoms with Crippen LogP contribution in [-0.4, -0.2) is 22.2 Å². The monoisotopic (exact) mass is 328 g/mol. The van der Waals surface area contributed by atoms with E-state index >= 15 is 0 Å². The fourth-order valence-electron chi connectivity index (χ4n) is 3.00. The highest BCUT2D eigenvalue weighted by Crippen LogP contribution is 2.17. The van der Waals surface area contributed by atoms with Gasteiger partial charge in [0, 0.05) is 6.42 Å². The van der Waals surface area contributed by atoms with Crippen LogP contribution in [0.3, 0.4) is 0 Å². The van der Waals surface area contributed by atoms with E-state index in [0.717, 1.165) is 51.4 Å². The molecule has 136 valence electrons. The second-order valence-corrected chi connectivity index (χ2v) is 6.65. The van der Waals surface area contributed by atoms with E-state index in [2.05, 4.69) is 0 Å². The Morgan fingerprint density at radius 3 is 1.52 bits per heavy atom. The molecule has 0 bridgehead atoms. The van der Waals surface area contributed by atoms with E-state index in [9.17, 15) is 9.59 Å². The fraction of sp³-hybridized carbons (Fsp3) is 0.895. The predicted molar refractivity (Wildman–Crippen MR) is 93.7 cm³/mol. The molecule has 4 heteroatoms. The molecule has 2 N–H and O–H groups in total. The van der Waals surface area contributed by atoms with Gasteiger partial charge in [0.15, 0.2) is 0 Å². The van der Waals surface area contributed by atoms with E-state index in [1.165, 1.54) is 38.5 Å². The van der Waals surface area contributed by atoms with Crippen molar-refractivity contribution < 1.29 is 19.8 Å². The Morgan fingerprint density at radius 1 is 0.696 bits per heavy atom. The van der Waals surface area contributed by atoms with Crippen LogP contribution in [0.25, 0.3) is 0 Å². The van der Waals surface area contributed by atoms with Crippen molar-refractivity contribution in [2.75, 3.05) is 0 Å². The number of hydrogen-bond acceptors (Lipinski definition) is 2. The number of unbranched alkanes of at least 4 members (excludes halogenated alkanes) is 10. The summed E-state index contributed by atoms with van der Waals surface area (Å²) in [6.07, 6.45) is 15.6. The minimum absolute atomic E-state index is 0.138. The van der Waals surface area contributed by atoms with Gasteiger partial charge in [-0.25, -0.2) is 0 Å². The number of aliphatic carboxylic acids is 2. The molecule has 0 rings (SSSR count). The van der Waals surface area contributed by atoms with Gasteiger partial charge in [-0.05, 0) is 19.3 Å². The average Bonchev–Trinajstić information content (AvgIpc) is 2.50. The van der Waals surface area contributed by atoms with Crippen LogP contribution in [0.5, 0.6) is 0 Å². The van der Waals surface area contributed by atoms with Gasteiger partial charge in [-0.2, -0.15) is 0 Å². The maximum atomic E-state index is 11.0. The maximum absolute atomic E-state index is 11.0. The zero-order chi connectivity index (χ0) is 17.3. The van der Waals surface area contributed by atoms with Crippen LogP contribution < -0.4 is 0 Å². The fourth-order valence-corrected chi connectivity index (χ4v) is 3.00. The molecule has 0 fully saturated rings. The second kappa shape index (κ2) is 15.8. The molecule has 0 aliphatic carbocycles. The summed E-state index contributed by atoms with van der Waals surface area (Å²) in [7, 11) is 0. The molecule has 0 aromatic heterocycles. The summed E-state index contributed by atoms with van der Waals surface area (Å²) in [4.78, 5) is 21.4. The van der Waals surface area contributed by atoms with Crippen molar-refractivity contribution in [2.45, 2.75) is 103 Å². The highest BCUT2D eigenvalue weighted by molar-refractivity contribution is 5.69. The van der Waals surface area contributed by atoms with E-state index in [4.69, 9.17) is 10.2 Å². The van der Waals surface area contributed by atoms with Crippen molar-refractivity contribution in [1.82, 2.24) is 0 Å². The Kier molecular flexibility index (Phi) is 15.1. The molecule has 0 spiro atoms. The van der Waals surface area contributed by atoms with E-state index < -0.39 is 11.9 Å². The summed E-state index contributed by atoms with van der Waals surface area (Å²) in [6, 6.07) is 0. The molecular formula is C19H36O4. The maximum Gasteiger partial charge on any atom is 0.306 e. The predicted octanol–water partition coefficient (Wildman–Crippen LogP) is 5.64. The quantitative estimate of drug-likeness (QED) is 0.339. The van der Waals surface area contributed by atoms with Crippen LogP contribution in [0.2, 0.25) is 0 Å². The molecule has 4 nitrogen and oxygen atoms in total. The van der Waals surface area contributed by atoms with Gasteiger partial charge >= 0.3 is 11.9 Å². The molecule has 1 unspecified atom stereocenters. The van der Waals surface area contributed by atoms with Crippen molar-refractivity contribution in [3.05, 3.63) is 0 Å². The van der Waals surface area contributed by atoms with Gasteiger partial charge < -0.3 is 10.2 Å². The van der Waals surface area contributed by atoms with Crippen LogP contribution >= 0.6 is 0 Å². The first-order chi connectivity index (χ1) is 11.1. The van der Waals surface area contributed by atoms with Gasteiger partial charge in [-0.3, -0.25) is 9.59 Å². The molecule has 0 aliphatic heterocycles. The Morgan fingerprint density at radius 2 is 1.13 bits per heavy atom. The molecule has 0 aromatic carbocycles. The van der Waals surface area contributed by atoms with Crippen LogP contribution in [0.1, 0.15) is 103 Å². The van der Waals surface area contributed by atoms with Crippen LogP contribution in [-0.2, 0) is 9.59 Å². The molecule has 0 aromatic rings. The second-order valence-electron chi connectivity index (χ2n) is 6.65. The summed E-state index contributed by atoms with van der Waals surface area (Å²) < 4.78 is 0. The lowest BCUT2D eigenvalue weighted by molar-refractivity contribution is -0.142. The molecule has 1 atom stereocenters. The number of carboxylic acid groups (broad SMARTS) is 2. The highest BCUT2D eigenvalue weighted by atomic mass is 16.4. The van der Waals surface area contributed by atoms with Gasteiger partial charge in [0.05, 0.1) is 5.92 Å². The highest BCUT2D eigenvalue weighted by Gasteiger charge is 2.15. The Hall–Kier alpha value is -1.06. The molecule has 0 radical (unpaired) electrons. The Bertz CT molecular complexity index is 302. The van der Waals surface area contributed by atoms with E-state index in [1.54, 1.807) is 0 Å². The SMILES string of the molecule is CCCC(CCCCCCCCCCCCCC(=O)O)C(=O)O. The minimum Gasteiger partial charge on any atom is -0.481 e. The first-order valence-electron chi connectivity index (χ1n) is 9.52. The summed E-state index contributed by atoms with van der Waals surface area (Å²) in [5, 5.41) is 17.6. The van der Waals surface area contributed by atoms with Gasteiger partial charge in [-0.1, -0.05) is 77.6 Å². The minimum atomic E-state index is -0.686. The lowest BCUT2D eigenvalue weighted by Gasteiger charge is -2.10. The Labute approximate surface area is 141 Å². The number of carbonyl (C=O) groups is 2. The third-order valence-electron chi connectivity index (χ3n) is 4.43. The third kappa shape index (κ3) is 15.6. The van der Waals surface area contributed by atoms with Crippen LogP contribution in [0.15, 0.2) is 0 Å². The zero-order valence-corrected chi connectivity index (χ0v) is 14.9.